The molecule has 0 radical (unpaired) electrons. The largest absolute Gasteiger partial charge is 0.476 e. The van der Waals surface area contributed by atoms with Crippen molar-refractivity contribution in [3.8, 4) is 11.8 Å². The van der Waals surface area contributed by atoms with Gasteiger partial charge in [0.2, 0.25) is 0 Å². The number of benzene rings is 1. The van der Waals surface area contributed by atoms with Crippen LogP contribution in [0.25, 0.3) is 0 Å². The van der Waals surface area contributed by atoms with E-state index in [1.807, 2.05) is 19.1 Å². The Morgan fingerprint density at radius 1 is 1.53 bits per heavy atom. The molecule has 2 rings (SSSR count). The molecule has 0 unspecified atom stereocenters. The first-order valence-corrected chi connectivity index (χ1v) is 5.48. The van der Waals surface area contributed by atoms with Crippen LogP contribution in [-0.4, -0.2) is 16.1 Å². The van der Waals surface area contributed by atoms with Gasteiger partial charge in [-0.3, -0.25) is 0 Å². The minimum absolute atomic E-state index is 0.105. The monoisotopic (exact) mass is 297 g/mol. The fourth-order valence-corrected chi connectivity index (χ4v) is 1.76. The summed E-state index contributed by atoms with van der Waals surface area (Å²) in [7, 11) is 0. The molecule has 0 atom stereocenters. The van der Waals surface area contributed by atoms with Gasteiger partial charge >= 0.3 is 12.0 Å². The molecule has 2 aromatic rings. The summed E-state index contributed by atoms with van der Waals surface area (Å²) in [6.45, 7) is 1.95. The van der Waals surface area contributed by atoms with E-state index in [9.17, 15) is 4.79 Å². The molecule has 0 bridgehead atoms. The number of carboxylic acid groups (broad SMARTS) is 1. The van der Waals surface area contributed by atoms with Crippen molar-refractivity contribution in [1.82, 2.24) is 4.98 Å². The standard InChI is InChI=1S/C11H8BrNO4/c1-6-2-3-9(7(12)4-6)17-11-13-8(5-16-11)10(14)15/h2-5H,1H3,(H,14,15). The molecule has 0 aliphatic carbocycles. The van der Waals surface area contributed by atoms with E-state index in [1.54, 1.807) is 6.07 Å². The average Bonchev–Trinajstić information content (AvgIpc) is 2.71. The first-order valence-electron chi connectivity index (χ1n) is 4.69. The Morgan fingerprint density at radius 3 is 2.88 bits per heavy atom. The number of oxazole rings is 1. The number of carbonyl (C=O) groups is 1. The molecule has 0 aliphatic rings. The summed E-state index contributed by atoms with van der Waals surface area (Å²) < 4.78 is 10.9. The van der Waals surface area contributed by atoms with Crippen LogP contribution in [-0.2, 0) is 0 Å². The number of aromatic nitrogens is 1. The summed E-state index contributed by atoms with van der Waals surface area (Å²) >= 11 is 3.33. The highest BCUT2D eigenvalue weighted by atomic mass is 79.9. The number of aryl methyl sites for hydroxylation is 1. The Balaban J connectivity index is 2.22. The summed E-state index contributed by atoms with van der Waals surface area (Å²) in [5, 5.41) is 8.67. The van der Waals surface area contributed by atoms with Gasteiger partial charge in [-0.05, 0) is 40.5 Å². The lowest BCUT2D eigenvalue weighted by Crippen LogP contribution is -1.95. The second-order valence-corrected chi connectivity index (χ2v) is 4.19. The van der Waals surface area contributed by atoms with Crippen LogP contribution in [0.4, 0.5) is 0 Å². The fraction of sp³-hybridized carbons (Fsp3) is 0.0909. The maximum Gasteiger partial charge on any atom is 0.399 e. The molecule has 0 saturated heterocycles. The highest BCUT2D eigenvalue weighted by molar-refractivity contribution is 9.10. The van der Waals surface area contributed by atoms with Gasteiger partial charge in [0.15, 0.2) is 5.69 Å². The summed E-state index contributed by atoms with van der Waals surface area (Å²) in [6.07, 6.45) is 0.923. The third-order valence-corrected chi connectivity index (χ3v) is 2.61. The lowest BCUT2D eigenvalue weighted by atomic mass is 10.2. The van der Waals surface area contributed by atoms with E-state index in [1.165, 1.54) is 0 Å². The van der Waals surface area contributed by atoms with Crippen LogP contribution in [0.3, 0.4) is 0 Å². The Kier molecular flexibility index (Phi) is 3.14. The van der Waals surface area contributed by atoms with Crippen LogP contribution in [0.5, 0.6) is 11.8 Å². The topological polar surface area (TPSA) is 72.6 Å². The molecule has 0 fully saturated rings. The first kappa shape index (κ1) is 11.7. The van der Waals surface area contributed by atoms with Gasteiger partial charge in [0, 0.05) is 0 Å². The number of aromatic carboxylic acids is 1. The summed E-state index contributed by atoms with van der Waals surface area (Å²) in [5.74, 6) is -0.652. The fourth-order valence-electron chi connectivity index (χ4n) is 1.19. The van der Waals surface area contributed by atoms with Crippen LogP contribution >= 0.6 is 15.9 Å². The van der Waals surface area contributed by atoms with Crippen molar-refractivity contribution in [3.05, 3.63) is 40.2 Å². The van der Waals surface area contributed by atoms with Crippen molar-refractivity contribution in [3.63, 3.8) is 0 Å². The van der Waals surface area contributed by atoms with Gasteiger partial charge in [-0.25, -0.2) is 4.79 Å². The molecular weight excluding hydrogens is 290 g/mol. The molecule has 1 N–H and O–H groups in total. The number of nitrogens with zero attached hydrogens (tertiary/aromatic N) is 1. The third kappa shape index (κ3) is 2.65. The molecule has 1 aromatic heterocycles. The lowest BCUT2D eigenvalue weighted by Gasteiger charge is -2.03. The molecular formula is C11H8BrNO4. The zero-order chi connectivity index (χ0) is 12.4. The molecule has 1 aromatic carbocycles. The van der Waals surface area contributed by atoms with Crippen LogP contribution in [0.2, 0.25) is 0 Å². The Hall–Kier alpha value is -1.82. The van der Waals surface area contributed by atoms with E-state index < -0.39 is 5.97 Å². The smallest absolute Gasteiger partial charge is 0.399 e. The van der Waals surface area contributed by atoms with Gasteiger partial charge in [-0.1, -0.05) is 6.07 Å². The quantitative estimate of drug-likeness (QED) is 0.941. The van der Waals surface area contributed by atoms with Crippen molar-refractivity contribution < 1.29 is 19.1 Å². The normalized spacial score (nSPS) is 10.2. The van der Waals surface area contributed by atoms with Gasteiger partial charge in [0.1, 0.15) is 12.0 Å². The van der Waals surface area contributed by atoms with Gasteiger partial charge in [-0.15, -0.1) is 0 Å². The average molecular weight is 298 g/mol. The maximum absolute atomic E-state index is 10.6. The van der Waals surface area contributed by atoms with E-state index in [0.717, 1.165) is 16.3 Å². The van der Waals surface area contributed by atoms with E-state index in [0.29, 0.717) is 5.75 Å². The highest BCUT2D eigenvalue weighted by Crippen LogP contribution is 2.29. The number of hydrogen-bond donors (Lipinski definition) is 1. The summed E-state index contributed by atoms with van der Waals surface area (Å²) in [4.78, 5) is 14.3. The van der Waals surface area contributed by atoms with Crippen molar-refractivity contribution in [2.45, 2.75) is 6.92 Å². The minimum atomic E-state index is -1.16. The van der Waals surface area contributed by atoms with Crippen molar-refractivity contribution in [2.75, 3.05) is 0 Å². The van der Waals surface area contributed by atoms with Crippen LogP contribution < -0.4 is 4.74 Å². The molecule has 88 valence electrons. The third-order valence-electron chi connectivity index (χ3n) is 1.99. The number of halogens is 1. The molecule has 0 saturated carbocycles. The number of carboxylic acids is 1. The first-order chi connectivity index (χ1) is 8.06. The second-order valence-electron chi connectivity index (χ2n) is 3.34. The maximum atomic E-state index is 10.6. The van der Waals surface area contributed by atoms with E-state index in [-0.39, 0.29) is 11.8 Å². The SMILES string of the molecule is Cc1ccc(Oc2nc(C(=O)O)co2)c(Br)c1. The van der Waals surface area contributed by atoms with Crippen molar-refractivity contribution in [2.24, 2.45) is 0 Å². The van der Waals surface area contributed by atoms with Gasteiger partial charge in [0.25, 0.3) is 0 Å². The Labute approximate surface area is 105 Å². The summed E-state index contributed by atoms with van der Waals surface area (Å²) in [5.41, 5.74) is 0.881. The minimum Gasteiger partial charge on any atom is -0.476 e. The number of ether oxygens (including phenoxy) is 1. The molecule has 6 heteroatoms. The Bertz CT molecular complexity index is 564. The van der Waals surface area contributed by atoms with E-state index in [4.69, 9.17) is 14.3 Å². The molecule has 17 heavy (non-hydrogen) atoms. The van der Waals surface area contributed by atoms with Crippen LogP contribution in [0.1, 0.15) is 16.1 Å². The zero-order valence-electron chi connectivity index (χ0n) is 8.81. The van der Waals surface area contributed by atoms with Crippen molar-refractivity contribution >= 4 is 21.9 Å². The van der Waals surface area contributed by atoms with Crippen LogP contribution in [0, 0.1) is 6.92 Å². The van der Waals surface area contributed by atoms with Crippen LogP contribution in [0.15, 0.2) is 33.4 Å². The molecule has 1 heterocycles. The molecule has 0 spiro atoms. The molecule has 0 amide bonds. The highest BCUT2D eigenvalue weighted by Gasteiger charge is 2.13. The molecule has 0 aliphatic heterocycles. The lowest BCUT2D eigenvalue weighted by molar-refractivity contribution is 0.0690. The number of hydrogen-bond acceptors (Lipinski definition) is 4. The van der Waals surface area contributed by atoms with Gasteiger partial charge in [-0.2, -0.15) is 4.98 Å². The number of rotatable bonds is 3. The van der Waals surface area contributed by atoms with Crippen molar-refractivity contribution in [1.29, 1.82) is 0 Å². The predicted octanol–water partition coefficient (Wildman–Crippen LogP) is 3.24. The van der Waals surface area contributed by atoms with E-state index >= 15 is 0 Å². The molecule has 5 nitrogen and oxygen atoms in total. The van der Waals surface area contributed by atoms with Gasteiger partial charge in [0.05, 0.1) is 4.47 Å². The predicted molar refractivity (Wildman–Crippen MR) is 62.4 cm³/mol. The van der Waals surface area contributed by atoms with E-state index in [2.05, 4.69) is 20.9 Å². The second kappa shape index (κ2) is 4.58. The zero-order valence-corrected chi connectivity index (χ0v) is 10.4. The van der Waals surface area contributed by atoms with Gasteiger partial charge < -0.3 is 14.3 Å². The summed E-state index contributed by atoms with van der Waals surface area (Å²) in [6, 6.07) is 5.47. The Morgan fingerprint density at radius 2 is 2.29 bits per heavy atom.